The number of aryl methyl sites for hydroxylation is 1. The minimum Gasteiger partial charge on any atom is -0.378 e. The van der Waals surface area contributed by atoms with Crippen molar-refractivity contribution in [2.24, 2.45) is 7.05 Å². The molecule has 0 amide bonds. The van der Waals surface area contributed by atoms with Gasteiger partial charge in [-0.15, -0.1) is 0 Å². The maximum atomic E-state index is 9.92. The molecule has 1 aromatic heterocycles. The number of benzene rings is 2. The standard InChI is InChI=1S/C23H23N3OS/c1-17-15-23(16-24,11-13-27-17)19-4-3-5-21(14-19)28-20-8-6-18(7-9-20)22-10-12-25-26(22)2/h3-10,12,14,17H,11,13,15H2,1-2H3/t17-,23-/m1/s1. The van der Waals surface area contributed by atoms with Gasteiger partial charge in [-0.2, -0.15) is 10.4 Å². The fourth-order valence-electron chi connectivity index (χ4n) is 3.86. The molecule has 1 fully saturated rings. The Balaban J connectivity index is 1.55. The van der Waals surface area contributed by atoms with Crippen molar-refractivity contribution >= 4 is 11.8 Å². The van der Waals surface area contributed by atoms with E-state index in [1.807, 2.05) is 30.9 Å². The number of nitrogens with zero attached hydrogens (tertiary/aromatic N) is 3. The fraction of sp³-hybridized carbons (Fsp3) is 0.304. The molecule has 3 aromatic rings. The molecule has 0 bridgehead atoms. The largest absolute Gasteiger partial charge is 0.378 e. The van der Waals surface area contributed by atoms with E-state index in [2.05, 4.69) is 59.7 Å². The molecule has 4 rings (SSSR count). The van der Waals surface area contributed by atoms with Crippen molar-refractivity contribution < 1.29 is 4.74 Å². The lowest BCUT2D eigenvalue weighted by molar-refractivity contribution is 0.00349. The van der Waals surface area contributed by atoms with Crippen molar-refractivity contribution in [3.63, 3.8) is 0 Å². The predicted octanol–water partition coefficient (Wildman–Crippen LogP) is 5.20. The molecule has 2 heterocycles. The lowest BCUT2D eigenvalue weighted by Crippen LogP contribution is -2.36. The Hall–Kier alpha value is -2.55. The minimum atomic E-state index is -0.447. The zero-order valence-electron chi connectivity index (χ0n) is 16.1. The van der Waals surface area contributed by atoms with Crippen molar-refractivity contribution in [2.45, 2.75) is 41.1 Å². The molecule has 4 nitrogen and oxygen atoms in total. The van der Waals surface area contributed by atoms with Crippen LogP contribution in [0.25, 0.3) is 11.3 Å². The molecule has 0 saturated carbocycles. The monoisotopic (exact) mass is 389 g/mol. The second kappa shape index (κ2) is 7.83. The normalized spacial score (nSPS) is 22.0. The summed E-state index contributed by atoms with van der Waals surface area (Å²) in [6.07, 6.45) is 3.42. The first-order valence-electron chi connectivity index (χ1n) is 9.49. The average Bonchev–Trinajstić information content (AvgIpc) is 3.14. The minimum absolute atomic E-state index is 0.115. The average molecular weight is 390 g/mol. The van der Waals surface area contributed by atoms with Gasteiger partial charge < -0.3 is 4.74 Å². The molecule has 1 aliphatic heterocycles. The van der Waals surface area contributed by atoms with E-state index in [-0.39, 0.29) is 6.10 Å². The second-order valence-electron chi connectivity index (χ2n) is 7.32. The first-order valence-corrected chi connectivity index (χ1v) is 10.3. The molecular weight excluding hydrogens is 366 g/mol. The summed E-state index contributed by atoms with van der Waals surface area (Å²) >= 11 is 1.72. The van der Waals surface area contributed by atoms with Gasteiger partial charge in [0.15, 0.2) is 0 Å². The van der Waals surface area contributed by atoms with Gasteiger partial charge in [0.1, 0.15) is 0 Å². The van der Waals surface area contributed by atoms with Gasteiger partial charge in [-0.05, 0) is 61.2 Å². The van der Waals surface area contributed by atoms with Gasteiger partial charge in [-0.25, -0.2) is 0 Å². The summed E-state index contributed by atoms with van der Waals surface area (Å²) < 4.78 is 7.55. The topological polar surface area (TPSA) is 50.8 Å². The zero-order valence-corrected chi connectivity index (χ0v) is 16.9. The highest BCUT2D eigenvalue weighted by atomic mass is 32.2. The van der Waals surface area contributed by atoms with Crippen molar-refractivity contribution in [2.75, 3.05) is 6.61 Å². The Morgan fingerprint density at radius 1 is 1.18 bits per heavy atom. The highest BCUT2D eigenvalue weighted by molar-refractivity contribution is 7.99. The van der Waals surface area contributed by atoms with Gasteiger partial charge in [0.25, 0.3) is 0 Å². The van der Waals surface area contributed by atoms with Crippen LogP contribution in [-0.2, 0) is 17.2 Å². The van der Waals surface area contributed by atoms with Gasteiger partial charge in [-0.1, -0.05) is 36.0 Å². The smallest absolute Gasteiger partial charge is 0.0869 e. The third kappa shape index (κ3) is 3.71. The maximum absolute atomic E-state index is 9.92. The fourth-order valence-corrected chi connectivity index (χ4v) is 4.74. The van der Waals surface area contributed by atoms with Crippen LogP contribution < -0.4 is 0 Å². The van der Waals surface area contributed by atoms with E-state index in [1.54, 1.807) is 11.8 Å². The Labute approximate surface area is 170 Å². The molecule has 28 heavy (non-hydrogen) atoms. The van der Waals surface area contributed by atoms with Crippen LogP contribution in [0.3, 0.4) is 0 Å². The lowest BCUT2D eigenvalue weighted by atomic mass is 9.74. The van der Waals surface area contributed by atoms with Crippen LogP contribution in [0.1, 0.15) is 25.3 Å². The number of ether oxygens (including phenoxy) is 1. The SMILES string of the molecule is C[C@@H]1C[C@](C#N)(c2cccc(Sc3ccc(-c4ccnn4C)cc3)c2)CCO1. The van der Waals surface area contributed by atoms with E-state index in [9.17, 15) is 5.26 Å². The van der Waals surface area contributed by atoms with Crippen molar-refractivity contribution in [3.05, 3.63) is 66.4 Å². The van der Waals surface area contributed by atoms with Gasteiger partial charge in [-0.3, -0.25) is 4.68 Å². The molecule has 1 saturated heterocycles. The highest BCUT2D eigenvalue weighted by Gasteiger charge is 2.37. The van der Waals surface area contributed by atoms with E-state index >= 15 is 0 Å². The first-order chi connectivity index (χ1) is 13.6. The number of nitriles is 1. The summed E-state index contributed by atoms with van der Waals surface area (Å²) in [5, 5.41) is 14.2. The number of rotatable bonds is 4. The predicted molar refractivity (Wildman–Crippen MR) is 111 cm³/mol. The summed E-state index contributed by atoms with van der Waals surface area (Å²) in [6, 6.07) is 21.5. The molecule has 2 aromatic carbocycles. The van der Waals surface area contributed by atoms with Gasteiger partial charge >= 0.3 is 0 Å². The van der Waals surface area contributed by atoms with Gasteiger partial charge in [0.2, 0.25) is 0 Å². The third-order valence-corrected chi connectivity index (χ3v) is 6.37. The quantitative estimate of drug-likeness (QED) is 0.615. The van der Waals surface area contributed by atoms with E-state index in [0.29, 0.717) is 6.61 Å². The van der Waals surface area contributed by atoms with E-state index in [0.717, 1.165) is 34.6 Å². The van der Waals surface area contributed by atoms with Crippen LogP contribution >= 0.6 is 11.8 Å². The van der Waals surface area contributed by atoms with Crippen molar-refractivity contribution in [1.29, 1.82) is 5.26 Å². The molecule has 0 radical (unpaired) electrons. The van der Waals surface area contributed by atoms with E-state index < -0.39 is 5.41 Å². The molecule has 2 atom stereocenters. The summed E-state index contributed by atoms with van der Waals surface area (Å²) in [6.45, 7) is 2.69. The summed E-state index contributed by atoms with van der Waals surface area (Å²) in [4.78, 5) is 2.33. The molecule has 5 heteroatoms. The first kappa shape index (κ1) is 18.8. The van der Waals surface area contributed by atoms with Gasteiger partial charge in [0, 0.05) is 29.6 Å². The van der Waals surface area contributed by atoms with Gasteiger partial charge in [0.05, 0.1) is 23.3 Å². The van der Waals surface area contributed by atoms with Crippen LogP contribution in [0.4, 0.5) is 0 Å². The van der Waals surface area contributed by atoms with E-state index in [1.165, 1.54) is 4.90 Å². The summed E-state index contributed by atoms with van der Waals surface area (Å²) in [5.41, 5.74) is 2.90. The van der Waals surface area contributed by atoms with E-state index in [4.69, 9.17) is 4.74 Å². The molecule has 0 spiro atoms. The molecule has 0 unspecified atom stereocenters. The van der Waals surface area contributed by atoms with Crippen molar-refractivity contribution in [3.8, 4) is 17.3 Å². The van der Waals surface area contributed by atoms with Crippen LogP contribution in [0, 0.1) is 11.3 Å². The summed E-state index contributed by atoms with van der Waals surface area (Å²) in [5.74, 6) is 0. The number of hydrogen-bond donors (Lipinski definition) is 0. The lowest BCUT2D eigenvalue weighted by Gasteiger charge is -2.35. The number of hydrogen-bond acceptors (Lipinski definition) is 4. The molecular formula is C23H23N3OS. The van der Waals surface area contributed by atoms with Crippen LogP contribution in [0.15, 0.2) is 70.6 Å². The Bertz CT molecular complexity index is 1010. The molecule has 0 N–H and O–H groups in total. The Morgan fingerprint density at radius 3 is 2.68 bits per heavy atom. The van der Waals surface area contributed by atoms with Crippen LogP contribution in [0.2, 0.25) is 0 Å². The van der Waals surface area contributed by atoms with Crippen LogP contribution in [-0.4, -0.2) is 22.5 Å². The summed E-state index contributed by atoms with van der Waals surface area (Å²) in [7, 11) is 1.95. The zero-order chi connectivity index (χ0) is 19.6. The highest BCUT2D eigenvalue weighted by Crippen LogP contribution is 2.39. The molecule has 1 aliphatic rings. The maximum Gasteiger partial charge on any atom is 0.0869 e. The third-order valence-electron chi connectivity index (χ3n) is 5.37. The van der Waals surface area contributed by atoms with Crippen LogP contribution in [0.5, 0.6) is 0 Å². The number of aromatic nitrogens is 2. The Kier molecular flexibility index (Phi) is 5.25. The van der Waals surface area contributed by atoms with Crippen molar-refractivity contribution in [1.82, 2.24) is 9.78 Å². The second-order valence-corrected chi connectivity index (χ2v) is 8.47. The molecule has 0 aliphatic carbocycles. The molecule has 142 valence electrons. The Morgan fingerprint density at radius 2 is 2.00 bits per heavy atom.